The van der Waals surface area contributed by atoms with Gasteiger partial charge in [-0.25, -0.2) is 17.9 Å². The molecule has 202 valence electrons. The van der Waals surface area contributed by atoms with Crippen molar-refractivity contribution in [3.63, 3.8) is 0 Å². The standard InChI is InChI=1S/C27H33N5O5S/c1-18(2)24(33)31-38(36,37)22-14-9-13-21(16-22)29-26(35)30-27(20-11-5-4-6-12-20)25(34)32(3)23-15-8-7-10-19(23)17-28-27/h7-10,13-18,20H,4-6,11-12H2,1-3H3,(H,31,33)(H2,29,30,35)/t27-/m1/s1. The molecule has 4 amide bonds. The van der Waals surface area contributed by atoms with Crippen LogP contribution >= 0.6 is 0 Å². The van der Waals surface area contributed by atoms with Gasteiger partial charge in [-0.1, -0.05) is 57.4 Å². The van der Waals surface area contributed by atoms with Crippen molar-refractivity contribution in [3.8, 4) is 0 Å². The largest absolute Gasteiger partial charge is 0.321 e. The highest BCUT2D eigenvalue weighted by Gasteiger charge is 2.49. The summed E-state index contributed by atoms with van der Waals surface area (Å²) in [5.41, 5.74) is 0.127. The van der Waals surface area contributed by atoms with Crippen molar-refractivity contribution in [2.75, 3.05) is 17.3 Å². The molecule has 4 rings (SSSR count). The van der Waals surface area contributed by atoms with E-state index in [1.54, 1.807) is 27.1 Å². The van der Waals surface area contributed by atoms with Crippen molar-refractivity contribution in [2.24, 2.45) is 16.8 Å². The summed E-state index contributed by atoms with van der Waals surface area (Å²) in [5.74, 6) is -1.70. The lowest BCUT2D eigenvalue weighted by Crippen LogP contribution is -2.63. The lowest BCUT2D eigenvalue weighted by atomic mass is 9.79. The lowest BCUT2D eigenvalue weighted by molar-refractivity contribution is -0.126. The van der Waals surface area contributed by atoms with Gasteiger partial charge in [-0.3, -0.25) is 14.6 Å². The number of anilines is 2. The average Bonchev–Trinajstić information content (AvgIpc) is 3.00. The minimum atomic E-state index is -4.13. The third kappa shape index (κ3) is 5.57. The quantitative estimate of drug-likeness (QED) is 0.515. The second-order valence-corrected chi connectivity index (χ2v) is 11.7. The van der Waals surface area contributed by atoms with Crippen molar-refractivity contribution in [3.05, 3.63) is 54.1 Å². The Bertz CT molecular complexity index is 1370. The fourth-order valence-corrected chi connectivity index (χ4v) is 6.03. The molecule has 1 fully saturated rings. The third-order valence-electron chi connectivity index (χ3n) is 7.00. The van der Waals surface area contributed by atoms with Gasteiger partial charge in [0, 0.05) is 36.3 Å². The Balaban J connectivity index is 1.61. The molecule has 2 aromatic rings. The van der Waals surface area contributed by atoms with Crippen LogP contribution in [0.2, 0.25) is 0 Å². The van der Waals surface area contributed by atoms with E-state index < -0.39 is 33.5 Å². The van der Waals surface area contributed by atoms with E-state index in [0.717, 1.165) is 37.7 Å². The van der Waals surface area contributed by atoms with Crippen LogP contribution in [0.5, 0.6) is 0 Å². The highest BCUT2D eigenvalue weighted by atomic mass is 32.2. The fraction of sp³-hybridized carbons (Fsp3) is 0.407. The Kier molecular flexibility index (Phi) is 7.86. The van der Waals surface area contributed by atoms with Crippen LogP contribution in [0.15, 0.2) is 58.4 Å². The number of para-hydroxylation sites is 1. The maximum atomic E-state index is 13.9. The molecule has 1 aliphatic heterocycles. The van der Waals surface area contributed by atoms with E-state index in [2.05, 4.69) is 10.6 Å². The summed E-state index contributed by atoms with van der Waals surface area (Å²) in [6.07, 6.45) is 6.01. The first-order valence-electron chi connectivity index (χ1n) is 12.7. The smallest absolute Gasteiger partial charge is 0.311 e. The number of fused-ring (bicyclic) bond motifs is 1. The Labute approximate surface area is 223 Å². The van der Waals surface area contributed by atoms with Gasteiger partial charge in [-0.05, 0) is 37.1 Å². The van der Waals surface area contributed by atoms with Gasteiger partial charge in [0.2, 0.25) is 11.6 Å². The van der Waals surface area contributed by atoms with Crippen LogP contribution in [0.4, 0.5) is 16.2 Å². The van der Waals surface area contributed by atoms with Crippen LogP contribution in [-0.4, -0.2) is 45.2 Å². The van der Waals surface area contributed by atoms with Gasteiger partial charge in [0.05, 0.1) is 10.6 Å². The van der Waals surface area contributed by atoms with Crippen molar-refractivity contribution in [1.29, 1.82) is 0 Å². The number of urea groups is 1. The Morgan fingerprint density at radius 2 is 1.76 bits per heavy atom. The SMILES string of the molecule is CC(C)C(=O)NS(=O)(=O)c1cccc(NC(=O)N[C@@]2(C3CCCCC3)N=Cc3ccccc3N(C)C2=O)c1. The van der Waals surface area contributed by atoms with Gasteiger partial charge in [-0.15, -0.1) is 0 Å². The van der Waals surface area contributed by atoms with Gasteiger partial charge in [0.15, 0.2) is 0 Å². The number of nitrogens with zero attached hydrogens (tertiary/aromatic N) is 2. The zero-order chi connectivity index (χ0) is 27.5. The number of nitrogens with one attached hydrogen (secondary N) is 3. The number of benzodiazepines with no additional fused rings is 1. The van der Waals surface area contributed by atoms with Gasteiger partial charge in [0.1, 0.15) is 0 Å². The van der Waals surface area contributed by atoms with Crippen molar-refractivity contribution < 1.29 is 22.8 Å². The normalized spacial score (nSPS) is 20.0. The van der Waals surface area contributed by atoms with Crippen LogP contribution in [0, 0.1) is 11.8 Å². The molecule has 3 N–H and O–H groups in total. The maximum absolute atomic E-state index is 13.9. The highest BCUT2D eigenvalue weighted by molar-refractivity contribution is 7.90. The van der Waals surface area contributed by atoms with Crippen molar-refractivity contribution in [2.45, 2.75) is 56.5 Å². The molecule has 38 heavy (non-hydrogen) atoms. The first-order valence-corrected chi connectivity index (χ1v) is 14.2. The molecule has 0 aromatic heterocycles. The summed E-state index contributed by atoms with van der Waals surface area (Å²) in [5, 5.41) is 5.50. The Morgan fingerprint density at radius 3 is 2.47 bits per heavy atom. The van der Waals surface area contributed by atoms with Gasteiger partial charge >= 0.3 is 6.03 Å². The summed E-state index contributed by atoms with van der Waals surface area (Å²) in [6.45, 7) is 3.17. The van der Waals surface area contributed by atoms with E-state index in [9.17, 15) is 22.8 Å². The minimum Gasteiger partial charge on any atom is -0.311 e. The summed E-state index contributed by atoms with van der Waals surface area (Å²) < 4.78 is 27.3. The molecule has 0 spiro atoms. The Hall–Kier alpha value is -3.73. The molecular formula is C27H33N5O5S. The van der Waals surface area contributed by atoms with Crippen LogP contribution < -0.4 is 20.3 Å². The third-order valence-corrected chi connectivity index (χ3v) is 8.34. The van der Waals surface area contributed by atoms with Gasteiger partial charge in [-0.2, -0.15) is 0 Å². The molecule has 10 nitrogen and oxygen atoms in total. The number of sulfonamides is 1. The number of carbonyl (C=O) groups excluding carboxylic acids is 3. The molecule has 0 radical (unpaired) electrons. The average molecular weight is 540 g/mol. The van der Waals surface area contributed by atoms with E-state index in [4.69, 9.17) is 4.99 Å². The van der Waals surface area contributed by atoms with Gasteiger partial charge in [0.25, 0.3) is 15.9 Å². The zero-order valence-corrected chi connectivity index (χ0v) is 22.5. The minimum absolute atomic E-state index is 0.176. The maximum Gasteiger partial charge on any atom is 0.321 e. The molecule has 1 aliphatic carbocycles. The number of likely N-dealkylation sites (N-methyl/N-ethyl adjacent to an activating group) is 1. The predicted molar refractivity (Wildman–Crippen MR) is 146 cm³/mol. The number of rotatable bonds is 6. The van der Waals surface area contributed by atoms with Crippen LogP contribution in [-0.2, 0) is 19.6 Å². The first kappa shape index (κ1) is 27.3. The Morgan fingerprint density at radius 1 is 1.05 bits per heavy atom. The topological polar surface area (TPSA) is 137 Å². The molecule has 2 aromatic carbocycles. The summed E-state index contributed by atoms with van der Waals surface area (Å²) in [4.78, 5) is 45.2. The molecule has 2 aliphatic rings. The van der Waals surface area contributed by atoms with Crippen LogP contribution in [0.1, 0.15) is 51.5 Å². The first-order chi connectivity index (χ1) is 18.0. The molecule has 0 bridgehead atoms. The molecule has 0 unspecified atom stereocenters. The number of hydrogen-bond donors (Lipinski definition) is 3. The van der Waals surface area contributed by atoms with Crippen molar-refractivity contribution in [1.82, 2.24) is 10.0 Å². The van der Waals surface area contributed by atoms with Gasteiger partial charge < -0.3 is 15.5 Å². The molecular weight excluding hydrogens is 506 g/mol. The van der Waals surface area contributed by atoms with E-state index in [0.29, 0.717) is 5.69 Å². The summed E-state index contributed by atoms with van der Waals surface area (Å²) >= 11 is 0. The lowest BCUT2D eigenvalue weighted by Gasteiger charge is -2.40. The number of benzene rings is 2. The monoisotopic (exact) mass is 539 g/mol. The summed E-state index contributed by atoms with van der Waals surface area (Å²) in [6, 6.07) is 12.3. The van der Waals surface area contributed by atoms with Crippen LogP contribution in [0.25, 0.3) is 0 Å². The van der Waals surface area contributed by atoms with Crippen LogP contribution in [0.3, 0.4) is 0 Å². The molecule has 1 saturated carbocycles. The molecule has 1 heterocycles. The summed E-state index contributed by atoms with van der Waals surface area (Å²) in [7, 11) is -2.45. The second-order valence-electron chi connectivity index (χ2n) is 10.0. The molecule has 11 heteroatoms. The number of amides is 4. The van der Waals surface area contributed by atoms with E-state index in [-0.39, 0.29) is 22.4 Å². The highest BCUT2D eigenvalue weighted by Crippen LogP contribution is 2.38. The van der Waals surface area contributed by atoms with E-state index >= 15 is 0 Å². The number of hydrogen-bond acceptors (Lipinski definition) is 6. The van der Waals surface area contributed by atoms with E-state index in [1.165, 1.54) is 29.2 Å². The van der Waals surface area contributed by atoms with Crippen molar-refractivity contribution >= 4 is 45.5 Å². The van der Waals surface area contributed by atoms with E-state index in [1.807, 2.05) is 29.0 Å². The molecule has 1 atom stereocenters. The molecule has 0 saturated heterocycles. The number of aliphatic imine (C=N–C) groups is 1. The number of carbonyl (C=O) groups is 3. The zero-order valence-electron chi connectivity index (χ0n) is 21.7. The fourth-order valence-electron chi connectivity index (χ4n) is 4.87. The second kappa shape index (κ2) is 10.9. The predicted octanol–water partition coefficient (Wildman–Crippen LogP) is 3.64.